The summed E-state index contributed by atoms with van der Waals surface area (Å²) in [6, 6.07) is 3.00. The van der Waals surface area contributed by atoms with Crippen molar-refractivity contribution < 1.29 is 9.53 Å². The minimum atomic E-state index is -0.214. The maximum Gasteiger partial charge on any atom is 0.249 e. The molecule has 1 amide bonds. The zero-order valence-corrected chi connectivity index (χ0v) is 12.4. The van der Waals surface area contributed by atoms with Gasteiger partial charge in [-0.2, -0.15) is 0 Å². The average molecular weight is 276 g/mol. The molecule has 1 atom stereocenters. The first kappa shape index (κ1) is 13.7. The molecule has 4 heteroatoms. The van der Waals surface area contributed by atoms with Gasteiger partial charge in [0.15, 0.2) is 0 Å². The first-order valence-corrected chi connectivity index (χ1v) is 7.73. The summed E-state index contributed by atoms with van der Waals surface area (Å²) in [5.41, 5.74) is 4.09. The van der Waals surface area contributed by atoms with E-state index in [0.29, 0.717) is 6.54 Å². The van der Waals surface area contributed by atoms with Crippen LogP contribution in [0.2, 0.25) is 0 Å². The number of nitrogens with one attached hydrogen (secondary N) is 1. The van der Waals surface area contributed by atoms with Crippen LogP contribution in [0.5, 0.6) is 0 Å². The molecule has 1 saturated heterocycles. The Labute approximate surface area is 120 Å². The van der Waals surface area contributed by atoms with Gasteiger partial charge < -0.3 is 14.6 Å². The first-order valence-electron chi connectivity index (χ1n) is 7.73. The van der Waals surface area contributed by atoms with E-state index >= 15 is 0 Å². The van der Waals surface area contributed by atoms with Gasteiger partial charge in [-0.25, -0.2) is 0 Å². The van der Waals surface area contributed by atoms with Gasteiger partial charge in [0.05, 0.1) is 0 Å². The molecule has 1 aliphatic heterocycles. The van der Waals surface area contributed by atoms with E-state index in [1.165, 1.54) is 29.8 Å². The smallest absolute Gasteiger partial charge is 0.249 e. The number of aryl methyl sites for hydroxylation is 1. The molecule has 1 aromatic rings. The van der Waals surface area contributed by atoms with Crippen LogP contribution in [0.15, 0.2) is 6.07 Å². The van der Waals surface area contributed by atoms with E-state index in [1.807, 2.05) is 0 Å². The number of rotatable bonds is 5. The summed E-state index contributed by atoms with van der Waals surface area (Å²) >= 11 is 0. The zero-order valence-electron chi connectivity index (χ0n) is 12.4. The quantitative estimate of drug-likeness (QED) is 0.896. The molecule has 3 rings (SSSR count). The molecular weight excluding hydrogens is 252 g/mol. The summed E-state index contributed by atoms with van der Waals surface area (Å²) in [7, 11) is 0. The molecule has 0 aromatic carbocycles. The summed E-state index contributed by atoms with van der Waals surface area (Å²) in [5, 5.41) is 3.00. The van der Waals surface area contributed by atoms with Crippen LogP contribution in [0.1, 0.15) is 48.7 Å². The molecule has 110 valence electrons. The predicted molar refractivity (Wildman–Crippen MR) is 77.9 cm³/mol. The standard InChI is InChI=1S/C16H24N2O2/c1-11-10-13(12(2)18(11)14-5-6-14)7-8-17-16(19)15-4-3-9-20-15/h10,14-15H,3-9H2,1-2H3,(H,17,19). The molecule has 1 N–H and O–H groups in total. The van der Waals surface area contributed by atoms with Gasteiger partial charge in [0, 0.05) is 30.6 Å². The highest BCUT2D eigenvalue weighted by Gasteiger charge is 2.27. The fourth-order valence-electron chi connectivity index (χ4n) is 3.21. The lowest BCUT2D eigenvalue weighted by molar-refractivity contribution is -0.129. The second-order valence-electron chi connectivity index (χ2n) is 6.04. The summed E-state index contributed by atoms with van der Waals surface area (Å²) in [6.07, 6.45) is 5.18. The largest absolute Gasteiger partial charge is 0.368 e. The highest BCUT2D eigenvalue weighted by atomic mass is 16.5. The third-order valence-corrected chi connectivity index (χ3v) is 4.42. The molecule has 2 fully saturated rings. The van der Waals surface area contributed by atoms with Crippen molar-refractivity contribution >= 4 is 5.91 Å². The van der Waals surface area contributed by atoms with Crippen LogP contribution in [0.25, 0.3) is 0 Å². The molecule has 1 unspecified atom stereocenters. The van der Waals surface area contributed by atoms with Gasteiger partial charge in [0.2, 0.25) is 5.91 Å². The summed E-state index contributed by atoms with van der Waals surface area (Å²) in [5.74, 6) is 0.0542. The molecule has 0 spiro atoms. The summed E-state index contributed by atoms with van der Waals surface area (Å²) < 4.78 is 7.84. The zero-order chi connectivity index (χ0) is 14.1. The van der Waals surface area contributed by atoms with Crippen molar-refractivity contribution in [2.75, 3.05) is 13.2 Å². The molecule has 0 radical (unpaired) electrons. The van der Waals surface area contributed by atoms with Crippen LogP contribution >= 0.6 is 0 Å². The molecule has 2 aliphatic rings. The SMILES string of the molecule is Cc1cc(CCNC(=O)C2CCCO2)c(C)n1C1CC1. The predicted octanol–water partition coefficient (Wildman–Crippen LogP) is 2.28. The molecule has 1 aromatic heterocycles. The van der Waals surface area contributed by atoms with Crippen molar-refractivity contribution in [2.45, 2.75) is 58.1 Å². The Hall–Kier alpha value is -1.29. The minimum absolute atomic E-state index is 0.0542. The maximum atomic E-state index is 11.9. The lowest BCUT2D eigenvalue weighted by Crippen LogP contribution is -2.35. The van der Waals surface area contributed by atoms with E-state index in [4.69, 9.17) is 4.74 Å². The van der Waals surface area contributed by atoms with Crippen LogP contribution in [-0.4, -0.2) is 29.7 Å². The van der Waals surface area contributed by atoms with Crippen molar-refractivity contribution in [3.05, 3.63) is 23.0 Å². The molecule has 1 aliphatic carbocycles. The van der Waals surface area contributed by atoms with E-state index < -0.39 is 0 Å². The lowest BCUT2D eigenvalue weighted by atomic mass is 10.1. The first-order chi connectivity index (χ1) is 9.66. The number of carbonyl (C=O) groups excluding carboxylic acids is 1. The van der Waals surface area contributed by atoms with Gasteiger partial charge in [-0.3, -0.25) is 4.79 Å². The molecule has 4 nitrogen and oxygen atoms in total. The Morgan fingerprint density at radius 1 is 1.40 bits per heavy atom. The molecule has 20 heavy (non-hydrogen) atoms. The summed E-state index contributed by atoms with van der Waals surface area (Å²) in [6.45, 7) is 5.80. The van der Waals surface area contributed by atoms with E-state index in [-0.39, 0.29) is 12.0 Å². The molecule has 1 saturated carbocycles. The van der Waals surface area contributed by atoms with Crippen LogP contribution in [0.4, 0.5) is 0 Å². The maximum absolute atomic E-state index is 11.9. The topological polar surface area (TPSA) is 43.3 Å². The average Bonchev–Trinajstić information content (AvgIpc) is 3.01. The molecule has 0 bridgehead atoms. The Morgan fingerprint density at radius 2 is 2.20 bits per heavy atom. The Balaban J connectivity index is 1.53. The van der Waals surface area contributed by atoms with E-state index in [2.05, 4.69) is 29.8 Å². The van der Waals surface area contributed by atoms with Crippen molar-refractivity contribution in [1.82, 2.24) is 9.88 Å². The third kappa shape index (κ3) is 2.75. The van der Waals surface area contributed by atoms with Crippen molar-refractivity contribution in [2.24, 2.45) is 0 Å². The fraction of sp³-hybridized carbons (Fsp3) is 0.688. The van der Waals surface area contributed by atoms with Crippen LogP contribution in [0, 0.1) is 13.8 Å². The van der Waals surface area contributed by atoms with E-state index in [1.54, 1.807) is 0 Å². The van der Waals surface area contributed by atoms with Crippen molar-refractivity contribution in [3.63, 3.8) is 0 Å². The highest BCUT2D eigenvalue weighted by molar-refractivity contribution is 5.80. The van der Waals surface area contributed by atoms with Gasteiger partial charge in [0.25, 0.3) is 0 Å². The van der Waals surface area contributed by atoms with E-state index in [0.717, 1.165) is 31.9 Å². The number of amides is 1. The van der Waals surface area contributed by atoms with Crippen molar-refractivity contribution in [3.8, 4) is 0 Å². The van der Waals surface area contributed by atoms with Gasteiger partial charge in [-0.15, -0.1) is 0 Å². The Kier molecular flexibility index (Phi) is 3.83. The van der Waals surface area contributed by atoms with Crippen LogP contribution in [-0.2, 0) is 16.0 Å². The lowest BCUT2D eigenvalue weighted by Gasteiger charge is -2.11. The number of carbonyl (C=O) groups is 1. The van der Waals surface area contributed by atoms with Crippen LogP contribution in [0.3, 0.4) is 0 Å². The highest BCUT2D eigenvalue weighted by Crippen LogP contribution is 2.38. The number of nitrogens with zero attached hydrogens (tertiary/aromatic N) is 1. The molecule has 2 heterocycles. The second kappa shape index (κ2) is 5.60. The Morgan fingerprint density at radius 3 is 2.85 bits per heavy atom. The fourth-order valence-corrected chi connectivity index (χ4v) is 3.21. The van der Waals surface area contributed by atoms with Gasteiger partial charge in [0.1, 0.15) is 6.10 Å². The van der Waals surface area contributed by atoms with Crippen molar-refractivity contribution in [1.29, 1.82) is 0 Å². The van der Waals surface area contributed by atoms with Gasteiger partial charge in [-0.05, 0) is 57.6 Å². The third-order valence-electron chi connectivity index (χ3n) is 4.42. The number of hydrogen-bond acceptors (Lipinski definition) is 2. The van der Waals surface area contributed by atoms with Gasteiger partial charge >= 0.3 is 0 Å². The number of aromatic nitrogens is 1. The minimum Gasteiger partial charge on any atom is -0.368 e. The summed E-state index contributed by atoms with van der Waals surface area (Å²) in [4.78, 5) is 11.9. The monoisotopic (exact) mass is 276 g/mol. The Bertz CT molecular complexity index is 497. The van der Waals surface area contributed by atoms with E-state index in [9.17, 15) is 4.79 Å². The molecular formula is C16H24N2O2. The normalized spacial score (nSPS) is 22.2. The second-order valence-corrected chi connectivity index (χ2v) is 6.04. The number of ether oxygens (including phenoxy) is 1. The van der Waals surface area contributed by atoms with Gasteiger partial charge in [-0.1, -0.05) is 0 Å². The number of hydrogen-bond donors (Lipinski definition) is 1. The van der Waals surface area contributed by atoms with Crippen LogP contribution < -0.4 is 5.32 Å².